The van der Waals surface area contributed by atoms with Gasteiger partial charge in [-0.15, -0.1) is 0 Å². The van der Waals surface area contributed by atoms with Crippen molar-refractivity contribution in [3.05, 3.63) is 69.8 Å². The Morgan fingerprint density at radius 1 is 1.20 bits per heavy atom. The molecule has 0 bridgehead atoms. The zero-order chi connectivity index (χ0) is 18.0. The van der Waals surface area contributed by atoms with Crippen molar-refractivity contribution in [3.63, 3.8) is 0 Å². The van der Waals surface area contributed by atoms with Crippen molar-refractivity contribution in [1.29, 1.82) is 0 Å². The predicted molar refractivity (Wildman–Crippen MR) is 102 cm³/mol. The summed E-state index contributed by atoms with van der Waals surface area (Å²) in [6, 6.07) is 12.6. The third-order valence-electron chi connectivity index (χ3n) is 3.69. The Bertz CT molecular complexity index is 1040. The molecule has 0 spiro atoms. The van der Waals surface area contributed by atoms with Gasteiger partial charge >= 0.3 is 0 Å². The Kier molecular flexibility index (Phi) is 4.67. The van der Waals surface area contributed by atoms with Crippen LogP contribution in [0.25, 0.3) is 22.0 Å². The molecule has 0 saturated heterocycles. The molecule has 0 unspecified atom stereocenters. The second kappa shape index (κ2) is 6.91. The first-order valence-electron chi connectivity index (χ1n) is 7.69. The van der Waals surface area contributed by atoms with E-state index in [0.29, 0.717) is 27.4 Å². The highest BCUT2D eigenvalue weighted by Crippen LogP contribution is 2.21. The quantitative estimate of drug-likeness (QED) is 0.749. The van der Waals surface area contributed by atoms with Gasteiger partial charge < -0.3 is 10.3 Å². The van der Waals surface area contributed by atoms with E-state index in [9.17, 15) is 9.59 Å². The van der Waals surface area contributed by atoms with Gasteiger partial charge in [0.25, 0.3) is 5.56 Å². The summed E-state index contributed by atoms with van der Waals surface area (Å²) >= 11 is 6.35. The van der Waals surface area contributed by atoms with Gasteiger partial charge in [-0.2, -0.15) is 0 Å². The van der Waals surface area contributed by atoms with Crippen LogP contribution in [-0.2, 0) is 4.79 Å². The fourth-order valence-corrected chi connectivity index (χ4v) is 2.71. The number of rotatable bonds is 3. The largest absolute Gasteiger partial charge is 0.326 e. The minimum atomic E-state index is -0.226. The summed E-state index contributed by atoms with van der Waals surface area (Å²) in [5, 5.41) is 3.56. The highest BCUT2D eigenvalue weighted by Gasteiger charge is 2.08. The van der Waals surface area contributed by atoms with Crippen LogP contribution in [0.15, 0.2) is 47.3 Å². The van der Waals surface area contributed by atoms with Crippen molar-refractivity contribution >= 4 is 45.2 Å². The molecule has 1 amide bonds. The smallest absolute Gasteiger partial charge is 0.259 e. The van der Waals surface area contributed by atoms with Gasteiger partial charge in [0, 0.05) is 12.6 Å². The van der Waals surface area contributed by atoms with Crippen LogP contribution in [0, 0.1) is 6.92 Å². The SMILES string of the molecule is CC(=O)Nc1ccc(/C=C(\Cl)c2nc3c(C)cccc3c(=O)[nH]2)cc1. The van der Waals surface area contributed by atoms with Gasteiger partial charge in [-0.25, -0.2) is 4.98 Å². The van der Waals surface area contributed by atoms with Gasteiger partial charge in [-0.3, -0.25) is 9.59 Å². The van der Waals surface area contributed by atoms with Crippen LogP contribution in [0.1, 0.15) is 23.9 Å². The molecule has 1 heterocycles. The Hall–Kier alpha value is -2.92. The molecule has 126 valence electrons. The summed E-state index contributed by atoms with van der Waals surface area (Å²) in [6.07, 6.45) is 1.71. The number of hydrogen-bond acceptors (Lipinski definition) is 3. The summed E-state index contributed by atoms with van der Waals surface area (Å²) in [5.41, 5.74) is 2.85. The number of anilines is 1. The molecule has 2 aromatic carbocycles. The van der Waals surface area contributed by atoms with Gasteiger partial charge in [0.1, 0.15) is 0 Å². The van der Waals surface area contributed by atoms with Gasteiger partial charge in [0.15, 0.2) is 5.82 Å². The number of nitrogens with zero attached hydrogens (tertiary/aromatic N) is 1. The maximum Gasteiger partial charge on any atom is 0.259 e. The number of hydrogen-bond donors (Lipinski definition) is 2. The number of aryl methyl sites for hydroxylation is 1. The van der Waals surface area contributed by atoms with Gasteiger partial charge in [-0.05, 0) is 42.3 Å². The maximum absolute atomic E-state index is 12.2. The topological polar surface area (TPSA) is 74.8 Å². The zero-order valence-electron chi connectivity index (χ0n) is 13.8. The minimum Gasteiger partial charge on any atom is -0.326 e. The first-order valence-corrected chi connectivity index (χ1v) is 8.07. The van der Waals surface area contributed by atoms with Crippen molar-refractivity contribution in [3.8, 4) is 0 Å². The monoisotopic (exact) mass is 353 g/mol. The lowest BCUT2D eigenvalue weighted by Gasteiger charge is -2.05. The second-order valence-corrected chi connectivity index (χ2v) is 6.09. The van der Waals surface area contributed by atoms with E-state index in [1.165, 1.54) is 6.92 Å². The van der Waals surface area contributed by atoms with Gasteiger partial charge in [0.2, 0.25) is 5.91 Å². The van der Waals surface area contributed by atoms with Crippen molar-refractivity contribution in [2.75, 3.05) is 5.32 Å². The Morgan fingerprint density at radius 3 is 2.60 bits per heavy atom. The number of H-pyrrole nitrogens is 1. The van der Waals surface area contributed by atoms with E-state index in [1.54, 1.807) is 24.3 Å². The molecular formula is C19H16ClN3O2. The Labute approximate surface area is 149 Å². The third kappa shape index (κ3) is 3.78. The highest BCUT2D eigenvalue weighted by atomic mass is 35.5. The molecule has 0 aliphatic carbocycles. The number of nitrogens with one attached hydrogen (secondary N) is 2. The highest BCUT2D eigenvalue weighted by molar-refractivity contribution is 6.50. The van der Waals surface area contributed by atoms with E-state index in [-0.39, 0.29) is 11.5 Å². The Morgan fingerprint density at radius 2 is 1.92 bits per heavy atom. The predicted octanol–water partition coefficient (Wildman–Crippen LogP) is 3.93. The molecule has 3 aromatic rings. The van der Waals surface area contributed by atoms with E-state index in [0.717, 1.165) is 11.1 Å². The number of para-hydroxylation sites is 1. The van der Waals surface area contributed by atoms with Crippen molar-refractivity contribution in [2.24, 2.45) is 0 Å². The molecule has 3 rings (SSSR count). The number of amides is 1. The van der Waals surface area contributed by atoms with Crippen LogP contribution in [0.4, 0.5) is 5.69 Å². The molecule has 0 aliphatic rings. The first-order chi connectivity index (χ1) is 11.9. The maximum atomic E-state index is 12.2. The van der Waals surface area contributed by atoms with Crippen LogP contribution in [0.3, 0.4) is 0 Å². The number of carbonyl (C=O) groups is 1. The van der Waals surface area contributed by atoms with Crippen molar-refractivity contribution in [1.82, 2.24) is 9.97 Å². The summed E-state index contributed by atoms with van der Waals surface area (Å²) in [7, 11) is 0. The molecule has 5 nitrogen and oxygen atoms in total. The fraction of sp³-hybridized carbons (Fsp3) is 0.105. The van der Waals surface area contributed by atoms with E-state index >= 15 is 0 Å². The van der Waals surface area contributed by atoms with Crippen molar-refractivity contribution < 1.29 is 4.79 Å². The number of aromatic nitrogens is 2. The fourth-order valence-electron chi connectivity index (χ4n) is 2.50. The lowest BCUT2D eigenvalue weighted by atomic mass is 10.1. The minimum absolute atomic E-state index is 0.130. The van der Waals surface area contributed by atoms with Crippen LogP contribution in [0.2, 0.25) is 0 Å². The molecule has 0 aliphatic heterocycles. The lowest BCUT2D eigenvalue weighted by molar-refractivity contribution is -0.114. The number of aromatic amines is 1. The average Bonchev–Trinajstić information content (AvgIpc) is 2.57. The number of fused-ring (bicyclic) bond motifs is 1. The summed E-state index contributed by atoms with van der Waals surface area (Å²) in [5.74, 6) is 0.189. The first kappa shape index (κ1) is 16.9. The van der Waals surface area contributed by atoms with E-state index in [2.05, 4.69) is 15.3 Å². The molecular weight excluding hydrogens is 338 g/mol. The van der Waals surface area contributed by atoms with Crippen LogP contribution in [0.5, 0.6) is 0 Å². The van der Waals surface area contributed by atoms with E-state index in [1.807, 2.05) is 31.2 Å². The second-order valence-electron chi connectivity index (χ2n) is 5.68. The molecule has 0 radical (unpaired) electrons. The summed E-state index contributed by atoms with van der Waals surface area (Å²) < 4.78 is 0. The Balaban J connectivity index is 1.97. The molecule has 2 N–H and O–H groups in total. The molecule has 0 fully saturated rings. The number of halogens is 1. The number of benzene rings is 2. The van der Waals surface area contributed by atoms with Crippen LogP contribution >= 0.6 is 11.6 Å². The third-order valence-corrected chi connectivity index (χ3v) is 3.98. The zero-order valence-corrected chi connectivity index (χ0v) is 14.5. The van der Waals surface area contributed by atoms with Gasteiger partial charge in [-0.1, -0.05) is 35.9 Å². The molecule has 0 saturated carbocycles. The average molecular weight is 354 g/mol. The summed E-state index contributed by atoms with van der Waals surface area (Å²) in [6.45, 7) is 3.35. The normalized spacial score (nSPS) is 11.6. The molecule has 0 atom stereocenters. The molecule has 25 heavy (non-hydrogen) atoms. The lowest BCUT2D eigenvalue weighted by Crippen LogP contribution is -2.11. The summed E-state index contributed by atoms with van der Waals surface area (Å²) in [4.78, 5) is 30.5. The van der Waals surface area contributed by atoms with Crippen LogP contribution < -0.4 is 10.9 Å². The molecule has 6 heteroatoms. The van der Waals surface area contributed by atoms with E-state index < -0.39 is 0 Å². The van der Waals surface area contributed by atoms with Crippen molar-refractivity contribution in [2.45, 2.75) is 13.8 Å². The standard InChI is InChI=1S/C19H16ClN3O2/c1-11-4-3-5-15-17(11)22-18(23-19(15)25)16(20)10-13-6-8-14(9-7-13)21-12(2)24/h3-10H,1-2H3,(H,21,24)(H,22,23,25)/b16-10-. The van der Waals surface area contributed by atoms with E-state index in [4.69, 9.17) is 11.6 Å². The molecule has 1 aromatic heterocycles. The van der Waals surface area contributed by atoms with Crippen LogP contribution in [-0.4, -0.2) is 15.9 Å². The number of carbonyl (C=O) groups excluding carboxylic acids is 1. The van der Waals surface area contributed by atoms with Gasteiger partial charge in [0.05, 0.1) is 15.9 Å².